The monoisotopic (exact) mass is 524 g/mol. The van der Waals surface area contributed by atoms with E-state index in [4.69, 9.17) is 4.74 Å². The van der Waals surface area contributed by atoms with Gasteiger partial charge in [0, 0.05) is 39.4 Å². The molecule has 0 atom stereocenters. The zero-order valence-corrected chi connectivity index (χ0v) is 20.6. The molecule has 0 bridgehead atoms. The van der Waals surface area contributed by atoms with E-state index in [0.29, 0.717) is 25.3 Å². The molecule has 0 aliphatic rings. The van der Waals surface area contributed by atoms with E-state index in [-0.39, 0.29) is 29.9 Å². The number of hydrogen-bond donors (Lipinski definition) is 2. The van der Waals surface area contributed by atoms with E-state index >= 15 is 0 Å². The summed E-state index contributed by atoms with van der Waals surface area (Å²) in [6.45, 7) is 7.43. The summed E-state index contributed by atoms with van der Waals surface area (Å²) in [5.74, 6) is 0.765. The summed E-state index contributed by atoms with van der Waals surface area (Å²) in [5, 5.41) is 6.63. The van der Waals surface area contributed by atoms with Crippen LogP contribution in [0.1, 0.15) is 40.9 Å². The molecule has 30 heavy (non-hydrogen) atoms. The van der Waals surface area contributed by atoms with Crippen molar-refractivity contribution in [1.29, 1.82) is 0 Å². The number of halogens is 1. The normalized spacial score (nSPS) is 10.9. The van der Waals surface area contributed by atoms with Crippen molar-refractivity contribution in [2.45, 2.75) is 33.5 Å². The minimum absolute atomic E-state index is 0. The molecule has 2 aromatic rings. The first kappa shape index (κ1) is 25.9. The van der Waals surface area contributed by atoms with Gasteiger partial charge in [0.2, 0.25) is 0 Å². The van der Waals surface area contributed by atoms with Crippen LogP contribution in [-0.4, -0.2) is 44.0 Å². The highest BCUT2D eigenvalue weighted by atomic mass is 127. The van der Waals surface area contributed by atoms with Gasteiger partial charge >= 0.3 is 0 Å². The number of aliphatic imine (C=N–C) groups is 1. The third kappa shape index (κ3) is 8.71. The SMILES string of the molecule is CCNC(=NCc1ccc(C(=O)N(C)C)cc1)NCc1ccc(COCC)cc1.I. The number of guanidine groups is 1. The molecule has 7 heteroatoms. The van der Waals surface area contributed by atoms with Gasteiger partial charge in [-0.15, -0.1) is 24.0 Å². The zero-order valence-electron chi connectivity index (χ0n) is 18.3. The summed E-state index contributed by atoms with van der Waals surface area (Å²) in [6.07, 6.45) is 0. The lowest BCUT2D eigenvalue weighted by Crippen LogP contribution is -2.36. The number of ether oxygens (including phenoxy) is 1. The molecule has 0 saturated heterocycles. The minimum Gasteiger partial charge on any atom is -0.377 e. The van der Waals surface area contributed by atoms with Crippen molar-refractivity contribution >= 4 is 35.8 Å². The summed E-state index contributed by atoms with van der Waals surface area (Å²) in [5.41, 5.74) is 4.09. The Morgan fingerprint density at radius 2 is 1.53 bits per heavy atom. The quantitative estimate of drug-likeness (QED) is 0.298. The average Bonchev–Trinajstić information content (AvgIpc) is 2.74. The molecule has 1 amide bonds. The van der Waals surface area contributed by atoms with Crippen LogP contribution in [-0.2, 0) is 24.4 Å². The van der Waals surface area contributed by atoms with Gasteiger partial charge < -0.3 is 20.3 Å². The van der Waals surface area contributed by atoms with Crippen LogP contribution in [0.4, 0.5) is 0 Å². The van der Waals surface area contributed by atoms with Gasteiger partial charge in [-0.05, 0) is 42.7 Å². The molecular formula is C23H33IN4O2. The van der Waals surface area contributed by atoms with E-state index in [1.807, 2.05) is 38.1 Å². The Morgan fingerprint density at radius 3 is 2.10 bits per heavy atom. The number of hydrogen-bond acceptors (Lipinski definition) is 3. The summed E-state index contributed by atoms with van der Waals surface area (Å²) in [4.78, 5) is 18.2. The van der Waals surface area contributed by atoms with Crippen LogP contribution in [0.15, 0.2) is 53.5 Å². The first-order valence-corrected chi connectivity index (χ1v) is 10.0. The minimum atomic E-state index is 0. The lowest BCUT2D eigenvalue weighted by molar-refractivity contribution is 0.0827. The number of carbonyl (C=O) groups excluding carboxylic acids is 1. The number of benzene rings is 2. The van der Waals surface area contributed by atoms with Crippen molar-refractivity contribution in [2.24, 2.45) is 4.99 Å². The van der Waals surface area contributed by atoms with Gasteiger partial charge in [0.25, 0.3) is 5.91 Å². The number of nitrogens with one attached hydrogen (secondary N) is 2. The van der Waals surface area contributed by atoms with Crippen LogP contribution in [0.3, 0.4) is 0 Å². The highest BCUT2D eigenvalue weighted by Gasteiger charge is 2.07. The molecule has 0 spiro atoms. The van der Waals surface area contributed by atoms with Crippen molar-refractivity contribution < 1.29 is 9.53 Å². The van der Waals surface area contributed by atoms with E-state index in [0.717, 1.165) is 24.7 Å². The summed E-state index contributed by atoms with van der Waals surface area (Å²) < 4.78 is 5.43. The molecule has 0 aliphatic carbocycles. The van der Waals surface area contributed by atoms with Crippen molar-refractivity contribution in [2.75, 3.05) is 27.2 Å². The molecule has 164 valence electrons. The number of carbonyl (C=O) groups is 1. The second kappa shape index (κ2) is 14.0. The molecule has 0 unspecified atom stereocenters. The topological polar surface area (TPSA) is 66.0 Å². The maximum atomic E-state index is 12.0. The van der Waals surface area contributed by atoms with E-state index < -0.39 is 0 Å². The molecule has 0 saturated carbocycles. The van der Waals surface area contributed by atoms with Gasteiger partial charge in [-0.1, -0.05) is 36.4 Å². The molecule has 0 fully saturated rings. The standard InChI is InChI=1S/C23H32N4O2.HI/c1-5-24-23(25-15-18-7-9-20(10-8-18)17-29-6-2)26-16-19-11-13-21(14-12-19)22(28)27(3)4;/h7-14H,5-6,15-17H2,1-4H3,(H2,24,25,26);1H. The van der Waals surface area contributed by atoms with Crippen LogP contribution in [0, 0.1) is 0 Å². The zero-order chi connectivity index (χ0) is 21.1. The lowest BCUT2D eigenvalue weighted by atomic mass is 10.1. The van der Waals surface area contributed by atoms with Gasteiger partial charge in [-0.2, -0.15) is 0 Å². The molecule has 0 aliphatic heterocycles. The largest absolute Gasteiger partial charge is 0.377 e. The second-order valence-corrected chi connectivity index (χ2v) is 6.90. The maximum Gasteiger partial charge on any atom is 0.253 e. The molecule has 6 nitrogen and oxygen atoms in total. The number of nitrogens with zero attached hydrogens (tertiary/aromatic N) is 2. The Hall–Kier alpha value is -2.13. The van der Waals surface area contributed by atoms with Gasteiger partial charge in [0.05, 0.1) is 13.2 Å². The van der Waals surface area contributed by atoms with E-state index in [2.05, 4.69) is 39.9 Å². The van der Waals surface area contributed by atoms with Crippen LogP contribution in [0.2, 0.25) is 0 Å². The van der Waals surface area contributed by atoms with Crippen molar-refractivity contribution in [3.63, 3.8) is 0 Å². The highest BCUT2D eigenvalue weighted by Crippen LogP contribution is 2.08. The van der Waals surface area contributed by atoms with Crippen LogP contribution in [0.25, 0.3) is 0 Å². The van der Waals surface area contributed by atoms with Crippen LogP contribution < -0.4 is 10.6 Å². The van der Waals surface area contributed by atoms with Crippen molar-refractivity contribution in [1.82, 2.24) is 15.5 Å². The van der Waals surface area contributed by atoms with E-state index in [9.17, 15) is 4.79 Å². The highest BCUT2D eigenvalue weighted by molar-refractivity contribution is 14.0. The molecule has 0 aromatic heterocycles. The Balaban J connectivity index is 0.00000450. The van der Waals surface area contributed by atoms with Crippen LogP contribution in [0.5, 0.6) is 0 Å². The summed E-state index contributed by atoms with van der Waals surface area (Å²) >= 11 is 0. The maximum absolute atomic E-state index is 12.0. The number of amides is 1. The lowest BCUT2D eigenvalue weighted by Gasteiger charge is -2.12. The van der Waals surface area contributed by atoms with Gasteiger partial charge in [-0.3, -0.25) is 4.79 Å². The Bertz CT molecular complexity index is 790. The molecule has 2 aromatic carbocycles. The molecular weight excluding hydrogens is 491 g/mol. The van der Waals surface area contributed by atoms with Gasteiger partial charge in [0.1, 0.15) is 0 Å². The van der Waals surface area contributed by atoms with E-state index in [1.165, 1.54) is 11.1 Å². The third-order valence-corrected chi connectivity index (χ3v) is 4.33. The predicted octanol–water partition coefficient (Wildman–Crippen LogP) is 3.80. The molecule has 0 heterocycles. The second-order valence-electron chi connectivity index (χ2n) is 6.90. The Morgan fingerprint density at radius 1 is 0.933 bits per heavy atom. The van der Waals surface area contributed by atoms with Crippen molar-refractivity contribution in [3.05, 3.63) is 70.8 Å². The van der Waals surface area contributed by atoms with Gasteiger partial charge in [0.15, 0.2) is 5.96 Å². The van der Waals surface area contributed by atoms with Crippen LogP contribution >= 0.6 is 24.0 Å². The first-order valence-electron chi connectivity index (χ1n) is 10.0. The molecule has 2 N–H and O–H groups in total. The summed E-state index contributed by atoms with van der Waals surface area (Å²) in [7, 11) is 3.50. The Labute approximate surface area is 197 Å². The smallest absolute Gasteiger partial charge is 0.253 e. The first-order chi connectivity index (χ1) is 14.0. The Kier molecular flexibility index (Phi) is 12.1. The van der Waals surface area contributed by atoms with Gasteiger partial charge in [-0.25, -0.2) is 4.99 Å². The number of rotatable bonds is 9. The predicted molar refractivity (Wildman–Crippen MR) is 133 cm³/mol. The average molecular weight is 524 g/mol. The van der Waals surface area contributed by atoms with E-state index in [1.54, 1.807) is 19.0 Å². The van der Waals surface area contributed by atoms with Crippen molar-refractivity contribution in [3.8, 4) is 0 Å². The fourth-order valence-corrected chi connectivity index (χ4v) is 2.68. The summed E-state index contributed by atoms with van der Waals surface area (Å²) in [6, 6.07) is 16.0. The fraction of sp³-hybridized carbons (Fsp3) is 0.391. The third-order valence-electron chi connectivity index (χ3n) is 4.33. The molecule has 0 radical (unpaired) electrons. The molecule has 2 rings (SSSR count). The fourth-order valence-electron chi connectivity index (χ4n) is 2.68.